The fourth-order valence-electron chi connectivity index (χ4n) is 4.75. The number of aryl methyl sites for hydroxylation is 1. The number of nitriles is 1. The number of anilines is 1. The molecule has 0 saturated carbocycles. The van der Waals surface area contributed by atoms with Crippen LogP contribution in [0.25, 0.3) is 22.2 Å². The maximum atomic E-state index is 14.5. The van der Waals surface area contributed by atoms with Crippen LogP contribution in [0.5, 0.6) is 5.75 Å². The first kappa shape index (κ1) is 28.5. The van der Waals surface area contributed by atoms with Crippen molar-refractivity contribution in [3.63, 3.8) is 0 Å². The van der Waals surface area contributed by atoms with Crippen LogP contribution >= 0.6 is 0 Å². The summed E-state index contributed by atoms with van der Waals surface area (Å²) in [5, 5.41) is 12.9. The second-order valence-corrected chi connectivity index (χ2v) is 11.2. The van der Waals surface area contributed by atoms with Crippen LogP contribution in [-0.2, 0) is 11.8 Å². The SMILES string of the molecule is C[n+]1cccc2ccc(NC(=O)c3ccc(-c4ccc(C#N)c(F)c4)c(OC4CCN(C(=O)OC(C)(C)C)C4)c3)nc21. The molecule has 42 heavy (non-hydrogen) atoms. The zero-order chi connectivity index (χ0) is 30.0. The number of nitrogens with one attached hydrogen (secondary N) is 1. The van der Waals surface area contributed by atoms with Crippen LogP contribution in [0.3, 0.4) is 0 Å². The largest absolute Gasteiger partial charge is 0.488 e. The fraction of sp³-hybridized carbons (Fsp3) is 0.281. The number of amides is 2. The van der Waals surface area contributed by atoms with Gasteiger partial charge in [0.1, 0.15) is 29.3 Å². The summed E-state index contributed by atoms with van der Waals surface area (Å²) in [6.45, 7) is 6.17. The number of hydrogen-bond donors (Lipinski definition) is 1. The van der Waals surface area contributed by atoms with Gasteiger partial charge in [-0.05, 0) is 79.8 Å². The third kappa shape index (κ3) is 6.31. The predicted octanol–water partition coefficient (Wildman–Crippen LogP) is 5.38. The van der Waals surface area contributed by atoms with E-state index in [-0.39, 0.29) is 11.7 Å². The van der Waals surface area contributed by atoms with Crippen molar-refractivity contribution in [2.75, 3.05) is 18.4 Å². The van der Waals surface area contributed by atoms with Crippen molar-refractivity contribution in [3.05, 3.63) is 83.8 Å². The number of fused-ring (bicyclic) bond motifs is 1. The molecule has 2 amide bonds. The van der Waals surface area contributed by atoms with Gasteiger partial charge in [0.05, 0.1) is 30.7 Å². The summed E-state index contributed by atoms with van der Waals surface area (Å²) < 4.78 is 28.2. The van der Waals surface area contributed by atoms with Crippen molar-refractivity contribution in [2.45, 2.75) is 38.9 Å². The number of benzene rings is 2. The molecule has 9 nitrogen and oxygen atoms in total. The third-order valence-electron chi connectivity index (χ3n) is 6.80. The summed E-state index contributed by atoms with van der Waals surface area (Å²) in [5.41, 5.74) is 1.36. The van der Waals surface area contributed by atoms with Crippen LogP contribution in [0.2, 0.25) is 0 Å². The van der Waals surface area contributed by atoms with E-state index >= 15 is 0 Å². The van der Waals surface area contributed by atoms with E-state index in [1.807, 2.05) is 62.9 Å². The number of aromatic nitrogens is 2. The van der Waals surface area contributed by atoms with Crippen molar-refractivity contribution in [1.29, 1.82) is 5.26 Å². The first-order valence-electron chi connectivity index (χ1n) is 13.6. The molecule has 10 heteroatoms. The van der Waals surface area contributed by atoms with Gasteiger partial charge in [-0.1, -0.05) is 6.07 Å². The minimum absolute atomic E-state index is 0.0719. The Hall–Kier alpha value is -5.04. The standard InChI is InChI=1S/C32H30FN5O4/c1-32(2,3)42-31(40)38-15-13-24(19-38)41-27-17-22(9-11-25(27)21-7-8-23(18-34)26(33)16-21)30(39)36-28-12-10-20-6-5-14-37(4)29(20)35-28/h5-12,14,16-17,24H,13,15,19H2,1-4H3/p+1. The highest BCUT2D eigenvalue weighted by Crippen LogP contribution is 2.34. The molecule has 0 spiro atoms. The Bertz CT molecular complexity index is 1730. The van der Waals surface area contributed by atoms with E-state index in [0.717, 1.165) is 5.39 Å². The predicted molar refractivity (Wildman–Crippen MR) is 154 cm³/mol. The van der Waals surface area contributed by atoms with Crippen LogP contribution in [0.1, 0.15) is 43.1 Å². The summed E-state index contributed by atoms with van der Waals surface area (Å²) in [7, 11) is 1.88. The van der Waals surface area contributed by atoms with E-state index in [9.17, 15) is 14.0 Å². The highest BCUT2D eigenvalue weighted by atomic mass is 19.1. The Kier molecular flexibility index (Phi) is 7.77. The molecule has 2 aromatic heterocycles. The normalized spacial score (nSPS) is 14.9. The van der Waals surface area contributed by atoms with Gasteiger partial charge in [0, 0.05) is 30.2 Å². The first-order chi connectivity index (χ1) is 20.0. The highest BCUT2D eigenvalue weighted by molar-refractivity contribution is 6.04. The number of likely N-dealkylation sites (tertiary alicyclic amines) is 1. The molecular formula is C32H31FN5O4+. The van der Waals surface area contributed by atoms with Gasteiger partial charge in [-0.3, -0.25) is 10.1 Å². The quantitative estimate of drug-likeness (QED) is 0.324. The topological polar surface area (TPSA) is 108 Å². The molecule has 214 valence electrons. The Balaban J connectivity index is 1.43. The van der Waals surface area contributed by atoms with Crippen molar-refractivity contribution in [3.8, 4) is 22.9 Å². The Morgan fingerprint density at radius 3 is 2.69 bits per heavy atom. The number of halogens is 1. The van der Waals surface area contributed by atoms with Gasteiger partial charge in [-0.25, -0.2) is 13.8 Å². The minimum Gasteiger partial charge on any atom is -0.488 e. The summed E-state index contributed by atoms with van der Waals surface area (Å²) >= 11 is 0. The molecule has 5 rings (SSSR count). The molecule has 4 aromatic rings. The summed E-state index contributed by atoms with van der Waals surface area (Å²) in [5.74, 6) is -0.320. The monoisotopic (exact) mass is 568 g/mol. The van der Waals surface area contributed by atoms with E-state index in [2.05, 4.69) is 10.3 Å². The highest BCUT2D eigenvalue weighted by Gasteiger charge is 2.31. The van der Waals surface area contributed by atoms with E-state index in [4.69, 9.17) is 14.7 Å². The summed E-state index contributed by atoms with van der Waals surface area (Å²) in [4.78, 5) is 32.0. The number of carbonyl (C=O) groups excluding carboxylic acids is 2. The van der Waals surface area contributed by atoms with Crippen molar-refractivity contribution < 1.29 is 28.0 Å². The van der Waals surface area contributed by atoms with Gasteiger partial charge in [0.2, 0.25) is 5.82 Å². The minimum atomic E-state index is -0.657. The first-order valence-corrected chi connectivity index (χ1v) is 13.6. The van der Waals surface area contributed by atoms with Gasteiger partial charge in [0.25, 0.3) is 5.91 Å². The van der Waals surface area contributed by atoms with Crippen molar-refractivity contribution >= 4 is 28.9 Å². The van der Waals surface area contributed by atoms with Gasteiger partial charge < -0.3 is 14.4 Å². The van der Waals surface area contributed by atoms with Gasteiger partial charge in [0.15, 0.2) is 0 Å². The van der Waals surface area contributed by atoms with E-state index in [1.54, 1.807) is 35.2 Å². The Morgan fingerprint density at radius 1 is 1.14 bits per heavy atom. The third-order valence-corrected chi connectivity index (χ3v) is 6.80. The molecule has 1 unspecified atom stereocenters. The Labute approximate surface area is 243 Å². The number of pyridine rings is 2. The lowest BCUT2D eigenvalue weighted by Gasteiger charge is -2.24. The lowest BCUT2D eigenvalue weighted by atomic mass is 10.0. The molecule has 0 bridgehead atoms. The van der Waals surface area contributed by atoms with Crippen molar-refractivity contribution in [1.82, 2.24) is 9.88 Å². The molecule has 0 aliphatic carbocycles. The van der Waals surface area contributed by atoms with Gasteiger partial charge >= 0.3 is 11.7 Å². The van der Waals surface area contributed by atoms with Crippen molar-refractivity contribution in [2.24, 2.45) is 7.05 Å². The second-order valence-electron chi connectivity index (χ2n) is 11.2. The maximum absolute atomic E-state index is 14.5. The summed E-state index contributed by atoms with van der Waals surface area (Å²) in [6.07, 6.45) is 1.63. The van der Waals surface area contributed by atoms with Crippen LogP contribution in [0.15, 0.2) is 66.9 Å². The molecule has 3 heterocycles. The van der Waals surface area contributed by atoms with Crippen LogP contribution < -0.4 is 14.6 Å². The van der Waals surface area contributed by atoms with E-state index in [0.29, 0.717) is 53.4 Å². The van der Waals surface area contributed by atoms with Crippen LogP contribution in [-0.4, -0.2) is 46.7 Å². The molecule has 2 aromatic carbocycles. The zero-order valence-electron chi connectivity index (χ0n) is 23.8. The number of nitrogens with zero attached hydrogens (tertiary/aromatic N) is 4. The number of ether oxygens (including phenoxy) is 2. The molecule has 1 atom stereocenters. The number of carbonyl (C=O) groups is 2. The van der Waals surface area contributed by atoms with E-state index in [1.165, 1.54) is 12.1 Å². The number of rotatable bonds is 5. The summed E-state index contributed by atoms with van der Waals surface area (Å²) in [6, 6.07) is 18.5. The van der Waals surface area contributed by atoms with E-state index < -0.39 is 23.4 Å². The molecule has 1 saturated heterocycles. The molecule has 1 fully saturated rings. The smallest absolute Gasteiger partial charge is 0.410 e. The van der Waals surface area contributed by atoms with Gasteiger partial charge in [-0.15, -0.1) is 0 Å². The van der Waals surface area contributed by atoms with Crippen LogP contribution in [0, 0.1) is 17.1 Å². The average Bonchev–Trinajstić information content (AvgIpc) is 3.41. The molecular weight excluding hydrogens is 537 g/mol. The molecule has 1 aliphatic rings. The van der Waals surface area contributed by atoms with Gasteiger partial charge in [-0.2, -0.15) is 5.26 Å². The number of hydrogen-bond acceptors (Lipinski definition) is 6. The lowest BCUT2D eigenvalue weighted by molar-refractivity contribution is -0.646. The molecule has 1 aliphatic heterocycles. The van der Waals surface area contributed by atoms with Crippen LogP contribution in [0.4, 0.5) is 15.0 Å². The fourth-order valence-corrected chi connectivity index (χ4v) is 4.75. The average molecular weight is 569 g/mol. The Morgan fingerprint density at radius 2 is 1.95 bits per heavy atom. The second kappa shape index (κ2) is 11.4. The zero-order valence-corrected chi connectivity index (χ0v) is 23.8. The molecule has 0 radical (unpaired) electrons. The maximum Gasteiger partial charge on any atom is 0.410 e. The lowest BCUT2D eigenvalue weighted by Crippen LogP contribution is -2.36. The molecule has 1 N–H and O–H groups in total.